The number of aromatic nitrogens is 4. The van der Waals surface area contributed by atoms with Crippen molar-refractivity contribution in [1.82, 2.24) is 24.3 Å². The lowest BCUT2D eigenvalue weighted by molar-refractivity contribution is 0.0336. The summed E-state index contributed by atoms with van der Waals surface area (Å²) in [6, 6.07) is 1.90. The van der Waals surface area contributed by atoms with Gasteiger partial charge < -0.3 is 19.3 Å². The third-order valence-corrected chi connectivity index (χ3v) is 4.83. The number of nitrogens with one attached hydrogen (secondary N) is 1. The molecule has 4 aromatic heterocycles. The molecular weight excluding hydrogens is 390 g/mol. The number of carbonyl (C=O) groups is 1. The van der Waals surface area contributed by atoms with Gasteiger partial charge in [-0.15, -0.1) is 0 Å². The van der Waals surface area contributed by atoms with Gasteiger partial charge in [0.15, 0.2) is 17.2 Å². The molecule has 0 aromatic carbocycles. The van der Waals surface area contributed by atoms with Gasteiger partial charge in [-0.05, 0) is 6.07 Å². The van der Waals surface area contributed by atoms with E-state index in [1.807, 2.05) is 4.40 Å². The second kappa shape index (κ2) is 7.61. The Morgan fingerprint density at radius 2 is 2.07 bits per heavy atom. The van der Waals surface area contributed by atoms with Crippen molar-refractivity contribution in [3.63, 3.8) is 0 Å². The van der Waals surface area contributed by atoms with Crippen LogP contribution in [0.25, 0.3) is 16.9 Å². The monoisotopic (exact) mass is 409 g/mol. The second-order valence-corrected chi connectivity index (χ2v) is 6.83. The molecule has 0 aliphatic carbocycles. The maximum Gasteiger partial charge on any atom is 0.300 e. The molecule has 5 rings (SSSR count). The number of hydrogen-bond donors (Lipinski definition) is 2. The average molecular weight is 409 g/mol. The first-order valence-corrected chi connectivity index (χ1v) is 9.39. The number of hydrogen-bond acceptors (Lipinski definition) is 9. The highest BCUT2D eigenvalue weighted by Crippen LogP contribution is 2.26. The van der Waals surface area contributed by atoms with Gasteiger partial charge in [0.05, 0.1) is 30.8 Å². The van der Waals surface area contributed by atoms with Crippen molar-refractivity contribution >= 4 is 23.4 Å². The molecule has 1 aliphatic rings. The molecule has 30 heavy (non-hydrogen) atoms. The number of carbonyl (C=O) groups excluding carboxylic acids is 1. The second-order valence-electron chi connectivity index (χ2n) is 6.83. The van der Waals surface area contributed by atoms with Gasteiger partial charge in [0.1, 0.15) is 12.5 Å². The molecule has 0 unspecified atom stereocenters. The zero-order chi connectivity index (χ0) is 20.5. The molecule has 1 amide bonds. The number of nitrogens with zero attached hydrogens (tertiary/aromatic N) is 5. The maximum atomic E-state index is 11.3. The van der Waals surface area contributed by atoms with Crippen LogP contribution in [0.2, 0.25) is 0 Å². The summed E-state index contributed by atoms with van der Waals surface area (Å²) in [6.07, 6.45) is 8.17. The lowest BCUT2D eigenvalue weighted by Crippen LogP contribution is -2.35. The number of primary amides is 1. The lowest BCUT2D eigenvalue weighted by atomic mass is 10.2. The molecule has 11 nitrogen and oxygen atoms in total. The van der Waals surface area contributed by atoms with Crippen LogP contribution in [0.15, 0.2) is 46.0 Å². The minimum Gasteiger partial charge on any atom is -0.458 e. The molecule has 3 N–H and O–H groups in total. The van der Waals surface area contributed by atoms with Crippen LogP contribution >= 0.6 is 0 Å². The number of anilines is 2. The number of nitrogens with two attached hydrogens (primary N) is 1. The van der Waals surface area contributed by atoms with E-state index < -0.39 is 5.91 Å². The number of imidazole rings is 1. The third kappa shape index (κ3) is 3.51. The fourth-order valence-corrected chi connectivity index (χ4v) is 3.35. The summed E-state index contributed by atoms with van der Waals surface area (Å²) < 4.78 is 18.0. The fraction of sp³-hybridized carbons (Fsp3) is 0.263. The Kier molecular flexibility index (Phi) is 4.65. The Bertz CT molecular complexity index is 1190. The molecular formula is C19H19N7O4. The summed E-state index contributed by atoms with van der Waals surface area (Å²) >= 11 is 0. The van der Waals surface area contributed by atoms with Crippen molar-refractivity contribution in [2.45, 2.75) is 6.54 Å². The number of morpholine rings is 1. The first-order chi connectivity index (χ1) is 14.7. The number of furan rings is 1. The highest BCUT2D eigenvalue weighted by atomic mass is 16.5. The predicted octanol–water partition coefficient (Wildman–Crippen LogP) is 1.65. The smallest absolute Gasteiger partial charge is 0.300 e. The minimum absolute atomic E-state index is 0.0769. The van der Waals surface area contributed by atoms with Crippen LogP contribution in [0.5, 0.6) is 0 Å². The lowest BCUT2D eigenvalue weighted by Gasteiger charge is -2.25. The molecule has 0 atom stereocenters. The van der Waals surface area contributed by atoms with Gasteiger partial charge in [-0.25, -0.2) is 9.97 Å². The highest BCUT2D eigenvalue weighted by molar-refractivity contribution is 5.91. The van der Waals surface area contributed by atoms with Crippen LogP contribution in [0.3, 0.4) is 0 Å². The van der Waals surface area contributed by atoms with Crippen LogP contribution in [0.4, 0.5) is 11.8 Å². The zero-order valence-electron chi connectivity index (χ0n) is 15.9. The first-order valence-electron chi connectivity index (χ1n) is 9.39. The number of ether oxygens (including phenoxy) is 1. The Morgan fingerprint density at radius 3 is 2.87 bits per heavy atom. The largest absolute Gasteiger partial charge is 0.458 e. The molecule has 0 saturated carbocycles. The summed E-state index contributed by atoms with van der Waals surface area (Å²) in [5.41, 5.74) is 8.02. The summed E-state index contributed by atoms with van der Waals surface area (Å²) in [5.74, 6) is -0.0682. The molecule has 0 radical (unpaired) electrons. The molecule has 1 saturated heterocycles. The number of oxazole rings is 1. The van der Waals surface area contributed by atoms with E-state index >= 15 is 0 Å². The van der Waals surface area contributed by atoms with E-state index in [2.05, 4.69) is 25.2 Å². The molecule has 0 spiro atoms. The van der Waals surface area contributed by atoms with Gasteiger partial charge in [-0.1, -0.05) is 0 Å². The Labute approximate surface area is 170 Å². The van der Waals surface area contributed by atoms with Gasteiger partial charge in [-0.3, -0.25) is 19.4 Å². The summed E-state index contributed by atoms with van der Waals surface area (Å²) in [5, 5.41) is 3.08. The van der Waals surface area contributed by atoms with Crippen molar-refractivity contribution in [2.24, 2.45) is 5.73 Å². The third-order valence-electron chi connectivity index (χ3n) is 4.83. The van der Waals surface area contributed by atoms with Crippen molar-refractivity contribution in [2.75, 3.05) is 31.6 Å². The van der Waals surface area contributed by atoms with Crippen molar-refractivity contribution in [1.29, 1.82) is 0 Å². The topological polar surface area (TPSA) is 137 Å². The summed E-state index contributed by atoms with van der Waals surface area (Å²) in [6.45, 7) is 3.91. The van der Waals surface area contributed by atoms with E-state index in [4.69, 9.17) is 19.3 Å². The van der Waals surface area contributed by atoms with Gasteiger partial charge in [0, 0.05) is 37.6 Å². The Balaban J connectivity index is 1.38. The number of fused-ring (bicyclic) bond motifs is 1. The van der Waals surface area contributed by atoms with Crippen LogP contribution in [-0.2, 0) is 11.3 Å². The SMILES string of the molecule is NC(=O)c1cc(-c2cnc(Nc3nc(CN4CCOCC4)co3)c3nccn23)co1. The maximum absolute atomic E-state index is 11.3. The molecule has 154 valence electrons. The van der Waals surface area contributed by atoms with Crippen molar-refractivity contribution in [3.8, 4) is 11.3 Å². The standard InChI is InChI=1S/C19H19N7O4/c20-16(27)15-7-12(10-29-15)14-8-22-17(18-21-1-2-26(14)18)24-19-23-13(11-30-19)9-25-3-5-28-6-4-25/h1-2,7-8,10-11H,3-6,9H2,(H2,20,27)(H,22,23,24). The fourth-order valence-electron chi connectivity index (χ4n) is 3.35. The quantitative estimate of drug-likeness (QED) is 0.487. The normalized spacial score (nSPS) is 14.9. The number of amides is 1. The first kappa shape index (κ1) is 18.3. The van der Waals surface area contributed by atoms with Gasteiger partial charge in [-0.2, -0.15) is 4.98 Å². The van der Waals surface area contributed by atoms with Gasteiger partial charge in [0.25, 0.3) is 5.91 Å². The zero-order valence-corrected chi connectivity index (χ0v) is 15.9. The summed E-state index contributed by atoms with van der Waals surface area (Å²) in [4.78, 5) is 26.9. The molecule has 4 aromatic rings. The highest BCUT2D eigenvalue weighted by Gasteiger charge is 2.17. The molecule has 1 aliphatic heterocycles. The van der Waals surface area contributed by atoms with E-state index in [-0.39, 0.29) is 5.76 Å². The molecule has 11 heteroatoms. The van der Waals surface area contributed by atoms with Crippen LogP contribution in [0, 0.1) is 0 Å². The summed E-state index contributed by atoms with van der Waals surface area (Å²) in [7, 11) is 0. The van der Waals surface area contributed by atoms with Crippen LogP contribution in [0.1, 0.15) is 16.2 Å². The van der Waals surface area contributed by atoms with E-state index in [9.17, 15) is 4.79 Å². The molecule has 5 heterocycles. The average Bonchev–Trinajstić information content (AvgIpc) is 3.50. The van der Waals surface area contributed by atoms with E-state index in [0.29, 0.717) is 35.3 Å². The number of rotatable bonds is 6. The molecule has 1 fully saturated rings. The van der Waals surface area contributed by atoms with Crippen molar-refractivity contribution < 1.29 is 18.4 Å². The van der Waals surface area contributed by atoms with Crippen LogP contribution < -0.4 is 11.1 Å². The van der Waals surface area contributed by atoms with Gasteiger partial charge >= 0.3 is 6.01 Å². The van der Waals surface area contributed by atoms with E-state index in [1.165, 1.54) is 6.26 Å². The minimum atomic E-state index is -0.633. The van der Waals surface area contributed by atoms with Gasteiger partial charge in [0.2, 0.25) is 0 Å². The Morgan fingerprint density at radius 1 is 1.20 bits per heavy atom. The predicted molar refractivity (Wildman–Crippen MR) is 105 cm³/mol. The van der Waals surface area contributed by atoms with E-state index in [0.717, 1.165) is 32.0 Å². The van der Waals surface area contributed by atoms with Crippen molar-refractivity contribution in [3.05, 3.63) is 48.6 Å². The Hall–Kier alpha value is -3.70. The van der Waals surface area contributed by atoms with E-state index in [1.54, 1.807) is 30.9 Å². The molecule has 0 bridgehead atoms. The van der Waals surface area contributed by atoms with Crippen LogP contribution in [-0.4, -0.2) is 56.5 Å².